The normalized spacial score (nSPS) is 19.3. The van der Waals surface area contributed by atoms with Crippen molar-refractivity contribution < 1.29 is 10.2 Å². The molecule has 0 unspecified atom stereocenters. The molecule has 0 atom stereocenters. The highest BCUT2D eigenvalue weighted by Crippen LogP contribution is 2.36. The van der Waals surface area contributed by atoms with Crippen LogP contribution in [0.25, 0.3) is 0 Å². The van der Waals surface area contributed by atoms with Crippen LogP contribution in [0.1, 0.15) is 25.7 Å². The minimum Gasteiger partial charge on any atom is -0.507 e. The Morgan fingerprint density at radius 3 is 2.53 bits per heavy atom. The molecule has 0 aliphatic heterocycles. The zero-order valence-corrected chi connectivity index (χ0v) is 9.46. The molecule has 0 amide bonds. The molecule has 1 aromatic carbocycles. The number of hydrogen-bond acceptors (Lipinski definition) is 3. The second-order valence-electron chi connectivity index (χ2n) is 4.19. The molecule has 1 aliphatic rings. The van der Waals surface area contributed by atoms with Crippen LogP contribution in [0.5, 0.6) is 5.75 Å². The van der Waals surface area contributed by atoms with E-state index < -0.39 is 5.60 Å². The van der Waals surface area contributed by atoms with Crippen LogP contribution < -0.4 is 0 Å². The average molecular weight is 224 g/mol. The molecule has 0 saturated heterocycles. The summed E-state index contributed by atoms with van der Waals surface area (Å²) in [5.74, 6) is 0.994. The predicted octanol–water partition coefficient (Wildman–Crippen LogP) is 2.79. The van der Waals surface area contributed by atoms with E-state index in [1.54, 1.807) is 17.8 Å². The Labute approximate surface area is 94.3 Å². The molecular formula is C12H16O2S. The van der Waals surface area contributed by atoms with Gasteiger partial charge in [0.05, 0.1) is 5.60 Å². The second kappa shape index (κ2) is 4.45. The number of thioether (sulfide) groups is 1. The lowest BCUT2D eigenvalue weighted by Crippen LogP contribution is -2.26. The largest absolute Gasteiger partial charge is 0.507 e. The number of rotatable bonds is 3. The van der Waals surface area contributed by atoms with E-state index in [1.807, 2.05) is 18.2 Å². The Kier molecular flexibility index (Phi) is 3.22. The molecule has 1 fully saturated rings. The van der Waals surface area contributed by atoms with Crippen LogP contribution in [0.15, 0.2) is 29.2 Å². The highest BCUT2D eigenvalue weighted by Gasteiger charge is 2.31. The first kappa shape index (κ1) is 10.8. The second-order valence-corrected chi connectivity index (χ2v) is 5.21. The molecule has 15 heavy (non-hydrogen) atoms. The van der Waals surface area contributed by atoms with Gasteiger partial charge >= 0.3 is 0 Å². The van der Waals surface area contributed by atoms with Crippen LogP contribution in [-0.4, -0.2) is 21.6 Å². The van der Waals surface area contributed by atoms with Gasteiger partial charge in [0.15, 0.2) is 0 Å². The van der Waals surface area contributed by atoms with Crippen molar-refractivity contribution in [1.29, 1.82) is 0 Å². The van der Waals surface area contributed by atoms with Crippen molar-refractivity contribution in [1.82, 2.24) is 0 Å². The molecule has 0 bridgehead atoms. The van der Waals surface area contributed by atoms with Gasteiger partial charge in [-0.15, -0.1) is 11.8 Å². The van der Waals surface area contributed by atoms with Crippen molar-refractivity contribution in [2.24, 2.45) is 0 Å². The third-order valence-corrected chi connectivity index (χ3v) is 4.23. The van der Waals surface area contributed by atoms with E-state index >= 15 is 0 Å². The van der Waals surface area contributed by atoms with Gasteiger partial charge in [0, 0.05) is 10.6 Å². The topological polar surface area (TPSA) is 40.5 Å². The third kappa shape index (κ3) is 2.67. The summed E-state index contributed by atoms with van der Waals surface area (Å²) in [6.45, 7) is 0. The van der Waals surface area contributed by atoms with E-state index in [9.17, 15) is 10.2 Å². The smallest absolute Gasteiger partial charge is 0.129 e. The van der Waals surface area contributed by atoms with Gasteiger partial charge in [-0.2, -0.15) is 0 Å². The lowest BCUT2D eigenvalue weighted by Gasteiger charge is -2.21. The maximum atomic E-state index is 10.1. The minimum atomic E-state index is -0.507. The number of phenolic OH excluding ortho intramolecular Hbond substituents is 1. The highest BCUT2D eigenvalue weighted by atomic mass is 32.2. The first-order valence-corrected chi connectivity index (χ1v) is 6.31. The van der Waals surface area contributed by atoms with E-state index in [0.717, 1.165) is 30.6 Å². The van der Waals surface area contributed by atoms with Crippen LogP contribution >= 0.6 is 11.8 Å². The minimum absolute atomic E-state index is 0.309. The molecule has 1 aromatic rings. The van der Waals surface area contributed by atoms with Gasteiger partial charge in [0.25, 0.3) is 0 Å². The number of benzene rings is 1. The zero-order valence-electron chi connectivity index (χ0n) is 8.65. The van der Waals surface area contributed by atoms with Crippen molar-refractivity contribution in [2.75, 3.05) is 5.75 Å². The maximum absolute atomic E-state index is 10.1. The number of aromatic hydroxyl groups is 1. The third-order valence-electron chi connectivity index (χ3n) is 2.90. The van der Waals surface area contributed by atoms with Crippen LogP contribution in [0.3, 0.4) is 0 Å². The summed E-state index contributed by atoms with van der Waals surface area (Å²) >= 11 is 1.54. The van der Waals surface area contributed by atoms with Crippen molar-refractivity contribution in [2.45, 2.75) is 36.2 Å². The summed E-state index contributed by atoms with van der Waals surface area (Å²) in [6, 6.07) is 7.28. The summed E-state index contributed by atoms with van der Waals surface area (Å²) in [4.78, 5) is 0.859. The first-order valence-electron chi connectivity index (χ1n) is 5.33. The predicted molar refractivity (Wildman–Crippen MR) is 62.2 cm³/mol. The number of phenols is 1. The standard InChI is InChI=1S/C12H16O2S/c13-10-5-1-2-6-11(10)15-9-12(14)7-3-4-8-12/h1-2,5-6,13-14H,3-4,7-9H2. The Morgan fingerprint density at radius 1 is 1.20 bits per heavy atom. The van der Waals surface area contributed by atoms with Crippen LogP contribution in [-0.2, 0) is 0 Å². The van der Waals surface area contributed by atoms with Crippen molar-refractivity contribution in [3.8, 4) is 5.75 Å². The molecule has 3 heteroatoms. The summed E-state index contributed by atoms with van der Waals surface area (Å²) in [5.41, 5.74) is -0.507. The molecule has 0 radical (unpaired) electrons. The Balaban J connectivity index is 1.95. The maximum Gasteiger partial charge on any atom is 0.129 e. The van der Waals surface area contributed by atoms with E-state index in [1.165, 1.54) is 0 Å². The summed E-state index contributed by atoms with van der Waals surface area (Å²) in [7, 11) is 0. The fourth-order valence-electron chi connectivity index (χ4n) is 1.97. The van der Waals surface area contributed by atoms with Crippen LogP contribution in [0, 0.1) is 0 Å². The molecule has 2 rings (SSSR count). The lowest BCUT2D eigenvalue weighted by molar-refractivity contribution is 0.0732. The van der Waals surface area contributed by atoms with Gasteiger partial charge in [0.2, 0.25) is 0 Å². The van der Waals surface area contributed by atoms with Gasteiger partial charge in [-0.3, -0.25) is 0 Å². The molecule has 2 N–H and O–H groups in total. The molecule has 82 valence electrons. The summed E-state index contributed by atoms with van der Waals surface area (Å²) in [5, 5.41) is 19.7. The molecule has 0 spiro atoms. The van der Waals surface area contributed by atoms with E-state index in [2.05, 4.69) is 0 Å². The average Bonchev–Trinajstić information content (AvgIpc) is 2.65. The van der Waals surface area contributed by atoms with E-state index in [0.29, 0.717) is 11.5 Å². The molecule has 1 aliphatic carbocycles. The van der Waals surface area contributed by atoms with Gasteiger partial charge in [0.1, 0.15) is 5.75 Å². The Hall–Kier alpha value is -0.670. The fourth-order valence-corrected chi connectivity index (χ4v) is 3.07. The first-order chi connectivity index (χ1) is 7.20. The van der Waals surface area contributed by atoms with Crippen molar-refractivity contribution in [3.05, 3.63) is 24.3 Å². The van der Waals surface area contributed by atoms with Crippen molar-refractivity contribution >= 4 is 11.8 Å². The van der Waals surface area contributed by atoms with Gasteiger partial charge in [-0.1, -0.05) is 25.0 Å². The molecule has 1 saturated carbocycles. The van der Waals surface area contributed by atoms with Crippen LogP contribution in [0.4, 0.5) is 0 Å². The summed E-state index contributed by atoms with van der Waals surface area (Å²) in [6.07, 6.45) is 4.04. The molecular weight excluding hydrogens is 208 g/mol. The number of aliphatic hydroxyl groups is 1. The SMILES string of the molecule is Oc1ccccc1SCC1(O)CCCC1. The lowest BCUT2D eigenvalue weighted by atomic mass is 10.1. The zero-order chi connectivity index (χ0) is 10.7. The monoisotopic (exact) mass is 224 g/mol. The molecule has 0 heterocycles. The van der Waals surface area contributed by atoms with E-state index in [-0.39, 0.29) is 0 Å². The Bertz CT molecular complexity index is 332. The number of para-hydroxylation sites is 1. The Morgan fingerprint density at radius 2 is 1.87 bits per heavy atom. The highest BCUT2D eigenvalue weighted by molar-refractivity contribution is 7.99. The van der Waals surface area contributed by atoms with E-state index in [4.69, 9.17) is 0 Å². The fraction of sp³-hybridized carbons (Fsp3) is 0.500. The number of hydrogen-bond donors (Lipinski definition) is 2. The summed E-state index contributed by atoms with van der Waals surface area (Å²) < 4.78 is 0. The molecule has 2 nitrogen and oxygen atoms in total. The van der Waals surface area contributed by atoms with Gasteiger partial charge in [-0.05, 0) is 25.0 Å². The quantitative estimate of drug-likeness (QED) is 0.776. The van der Waals surface area contributed by atoms with Crippen molar-refractivity contribution in [3.63, 3.8) is 0 Å². The van der Waals surface area contributed by atoms with Gasteiger partial charge < -0.3 is 10.2 Å². The molecule has 0 aromatic heterocycles. The van der Waals surface area contributed by atoms with Gasteiger partial charge in [-0.25, -0.2) is 0 Å². The van der Waals surface area contributed by atoms with Crippen LogP contribution in [0.2, 0.25) is 0 Å².